The topological polar surface area (TPSA) is 61.8 Å². The van der Waals surface area contributed by atoms with Gasteiger partial charge in [0, 0.05) is 17.1 Å². The van der Waals surface area contributed by atoms with Crippen LogP contribution in [-0.4, -0.2) is 20.1 Å². The number of nitrogens with zero attached hydrogens (tertiary/aromatic N) is 2. The zero-order valence-corrected chi connectivity index (χ0v) is 8.38. The average molecular weight is 211 g/mol. The SMILES string of the molecule is Oc1cccc(-c2ncnc3[nH]ccc23)c1. The van der Waals surface area contributed by atoms with Crippen molar-refractivity contribution in [1.29, 1.82) is 0 Å². The number of phenols is 1. The molecule has 3 aromatic rings. The van der Waals surface area contributed by atoms with E-state index in [2.05, 4.69) is 15.0 Å². The van der Waals surface area contributed by atoms with Gasteiger partial charge in [0.25, 0.3) is 0 Å². The summed E-state index contributed by atoms with van der Waals surface area (Å²) in [7, 11) is 0. The van der Waals surface area contributed by atoms with Gasteiger partial charge < -0.3 is 10.1 Å². The van der Waals surface area contributed by atoms with Crippen molar-refractivity contribution >= 4 is 11.0 Å². The fourth-order valence-electron chi connectivity index (χ4n) is 1.76. The summed E-state index contributed by atoms with van der Waals surface area (Å²) in [5, 5.41) is 10.4. The van der Waals surface area contributed by atoms with Crippen LogP contribution in [0.1, 0.15) is 0 Å². The number of aromatic amines is 1. The molecule has 0 radical (unpaired) electrons. The summed E-state index contributed by atoms with van der Waals surface area (Å²) >= 11 is 0. The molecule has 4 nitrogen and oxygen atoms in total. The molecule has 2 heterocycles. The molecule has 1 aromatic carbocycles. The predicted molar refractivity (Wildman–Crippen MR) is 61.0 cm³/mol. The van der Waals surface area contributed by atoms with Gasteiger partial charge in [-0.1, -0.05) is 12.1 Å². The number of H-pyrrole nitrogens is 1. The van der Waals surface area contributed by atoms with Crippen LogP contribution in [0.25, 0.3) is 22.3 Å². The second kappa shape index (κ2) is 3.34. The molecule has 0 unspecified atom stereocenters. The molecule has 0 saturated carbocycles. The number of fused-ring (bicyclic) bond motifs is 1. The van der Waals surface area contributed by atoms with E-state index in [-0.39, 0.29) is 5.75 Å². The van der Waals surface area contributed by atoms with Gasteiger partial charge in [-0.05, 0) is 18.2 Å². The zero-order valence-electron chi connectivity index (χ0n) is 8.38. The number of rotatable bonds is 1. The molecule has 0 atom stereocenters. The molecule has 0 saturated heterocycles. The molecule has 4 heteroatoms. The van der Waals surface area contributed by atoms with E-state index < -0.39 is 0 Å². The molecule has 0 aliphatic rings. The van der Waals surface area contributed by atoms with Crippen LogP contribution in [0.2, 0.25) is 0 Å². The van der Waals surface area contributed by atoms with Gasteiger partial charge in [0.2, 0.25) is 0 Å². The Hall–Kier alpha value is -2.36. The van der Waals surface area contributed by atoms with Gasteiger partial charge in [-0.3, -0.25) is 0 Å². The zero-order chi connectivity index (χ0) is 11.0. The van der Waals surface area contributed by atoms with E-state index in [0.29, 0.717) is 0 Å². The number of hydrogen-bond donors (Lipinski definition) is 2. The van der Waals surface area contributed by atoms with E-state index in [1.165, 1.54) is 6.33 Å². The lowest BCUT2D eigenvalue weighted by molar-refractivity contribution is 0.475. The summed E-state index contributed by atoms with van der Waals surface area (Å²) in [5.74, 6) is 0.236. The first-order valence-corrected chi connectivity index (χ1v) is 4.92. The molecule has 0 aliphatic heterocycles. The molecule has 0 fully saturated rings. The van der Waals surface area contributed by atoms with E-state index >= 15 is 0 Å². The van der Waals surface area contributed by atoms with Crippen molar-refractivity contribution < 1.29 is 5.11 Å². The summed E-state index contributed by atoms with van der Waals surface area (Å²) in [4.78, 5) is 11.4. The van der Waals surface area contributed by atoms with Crippen molar-refractivity contribution in [3.63, 3.8) is 0 Å². The molecule has 2 N–H and O–H groups in total. The molecule has 0 bridgehead atoms. The van der Waals surface area contributed by atoms with Crippen LogP contribution in [0, 0.1) is 0 Å². The lowest BCUT2D eigenvalue weighted by atomic mass is 10.1. The molecular formula is C12H9N3O. The molecule has 0 aliphatic carbocycles. The highest BCUT2D eigenvalue weighted by molar-refractivity contribution is 5.90. The van der Waals surface area contributed by atoms with Crippen molar-refractivity contribution in [2.45, 2.75) is 0 Å². The van der Waals surface area contributed by atoms with Gasteiger partial charge >= 0.3 is 0 Å². The van der Waals surface area contributed by atoms with Crippen molar-refractivity contribution in [3.05, 3.63) is 42.9 Å². The Morgan fingerprint density at radius 3 is 2.94 bits per heavy atom. The van der Waals surface area contributed by atoms with Crippen LogP contribution < -0.4 is 0 Å². The summed E-state index contributed by atoms with van der Waals surface area (Å²) in [5.41, 5.74) is 2.50. The number of benzene rings is 1. The van der Waals surface area contributed by atoms with Gasteiger partial charge in [0.1, 0.15) is 17.7 Å². The van der Waals surface area contributed by atoms with E-state index in [0.717, 1.165) is 22.3 Å². The quantitative estimate of drug-likeness (QED) is 0.649. The lowest BCUT2D eigenvalue weighted by Gasteiger charge is -2.02. The van der Waals surface area contributed by atoms with Crippen LogP contribution in [0.4, 0.5) is 0 Å². The summed E-state index contributed by atoms with van der Waals surface area (Å²) in [6.45, 7) is 0. The largest absolute Gasteiger partial charge is 0.508 e. The Bertz CT molecular complexity index is 645. The normalized spacial score (nSPS) is 10.8. The Balaban J connectivity index is 2.29. The first kappa shape index (κ1) is 8.91. The Morgan fingerprint density at radius 2 is 2.06 bits per heavy atom. The molecular weight excluding hydrogens is 202 g/mol. The van der Waals surface area contributed by atoms with Crippen molar-refractivity contribution in [2.75, 3.05) is 0 Å². The van der Waals surface area contributed by atoms with Crippen LogP contribution in [0.3, 0.4) is 0 Å². The van der Waals surface area contributed by atoms with Crippen molar-refractivity contribution in [1.82, 2.24) is 15.0 Å². The molecule has 3 rings (SSSR count). The third kappa shape index (κ3) is 1.32. The molecule has 78 valence electrons. The van der Waals surface area contributed by atoms with Crippen LogP contribution in [-0.2, 0) is 0 Å². The highest BCUT2D eigenvalue weighted by atomic mass is 16.3. The fraction of sp³-hybridized carbons (Fsp3) is 0. The van der Waals surface area contributed by atoms with Crippen molar-refractivity contribution in [2.24, 2.45) is 0 Å². The number of phenolic OH excluding ortho intramolecular Hbond substituents is 1. The number of nitrogens with one attached hydrogen (secondary N) is 1. The van der Waals surface area contributed by atoms with E-state index in [9.17, 15) is 5.11 Å². The average Bonchev–Trinajstić information content (AvgIpc) is 2.76. The fourth-order valence-corrected chi connectivity index (χ4v) is 1.76. The second-order valence-corrected chi connectivity index (χ2v) is 3.51. The Kier molecular flexibility index (Phi) is 1.86. The Morgan fingerprint density at radius 1 is 1.12 bits per heavy atom. The third-order valence-electron chi connectivity index (χ3n) is 2.47. The highest BCUT2D eigenvalue weighted by Gasteiger charge is 2.06. The van der Waals surface area contributed by atoms with Crippen molar-refractivity contribution in [3.8, 4) is 17.0 Å². The second-order valence-electron chi connectivity index (χ2n) is 3.51. The molecule has 2 aromatic heterocycles. The standard InChI is InChI=1S/C12H9N3O/c16-9-3-1-2-8(6-9)11-10-4-5-13-12(10)15-7-14-11/h1-7,16H,(H,13,14,15). The Labute approximate surface area is 91.6 Å². The minimum absolute atomic E-state index is 0.236. The highest BCUT2D eigenvalue weighted by Crippen LogP contribution is 2.26. The van der Waals surface area contributed by atoms with Gasteiger partial charge in [-0.25, -0.2) is 9.97 Å². The molecule has 16 heavy (non-hydrogen) atoms. The minimum atomic E-state index is 0.236. The first-order chi connectivity index (χ1) is 7.84. The lowest BCUT2D eigenvalue weighted by Crippen LogP contribution is -1.86. The summed E-state index contributed by atoms with van der Waals surface area (Å²) in [6.07, 6.45) is 3.34. The third-order valence-corrected chi connectivity index (χ3v) is 2.47. The van der Waals surface area contributed by atoms with Crippen LogP contribution in [0.5, 0.6) is 5.75 Å². The number of aromatic nitrogens is 3. The van der Waals surface area contributed by atoms with Gasteiger partial charge in [-0.2, -0.15) is 0 Å². The molecule has 0 amide bonds. The van der Waals surface area contributed by atoms with Crippen LogP contribution >= 0.6 is 0 Å². The van der Waals surface area contributed by atoms with Gasteiger partial charge in [0.05, 0.1) is 5.69 Å². The smallest absolute Gasteiger partial charge is 0.141 e. The number of hydrogen-bond acceptors (Lipinski definition) is 3. The maximum atomic E-state index is 9.45. The van der Waals surface area contributed by atoms with E-state index in [4.69, 9.17) is 0 Å². The predicted octanol–water partition coefficient (Wildman–Crippen LogP) is 2.33. The summed E-state index contributed by atoms with van der Waals surface area (Å²) < 4.78 is 0. The van der Waals surface area contributed by atoms with Gasteiger partial charge in [-0.15, -0.1) is 0 Å². The first-order valence-electron chi connectivity index (χ1n) is 4.92. The minimum Gasteiger partial charge on any atom is -0.508 e. The van der Waals surface area contributed by atoms with E-state index in [1.807, 2.05) is 18.3 Å². The maximum Gasteiger partial charge on any atom is 0.141 e. The van der Waals surface area contributed by atoms with E-state index in [1.54, 1.807) is 18.2 Å². The number of aromatic hydroxyl groups is 1. The van der Waals surface area contributed by atoms with Gasteiger partial charge in [0.15, 0.2) is 0 Å². The molecule has 0 spiro atoms. The maximum absolute atomic E-state index is 9.45. The summed E-state index contributed by atoms with van der Waals surface area (Å²) in [6, 6.07) is 8.96. The monoisotopic (exact) mass is 211 g/mol. The van der Waals surface area contributed by atoms with Crippen LogP contribution in [0.15, 0.2) is 42.9 Å².